The number of aryl methyl sites for hydroxylation is 2. The molecule has 2 nitrogen and oxygen atoms in total. The van der Waals surface area contributed by atoms with Crippen molar-refractivity contribution in [2.45, 2.75) is 13.8 Å². The number of carbonyl (C=O) groups is 1. The Morgan fingerprint density at radius 1 is 1.10 bits per heavy atom. The second-order valence-corrected chi connectivity index (χ2v) is 5.09. The Bertz CT molecular complexity index is 662. The Kier molecular flexibility index (Phi) is 4.59. The van der Waals surface area contributed by atoms with Crippen LogP contribution in [0.2, 0.25) is 5.02 Å². The fourth-order valence-electron chi connectivity index (χ4n) is 1.78. The second-order valence-electron chi connectivity index (χ2n) is 4.65. The molecule has 0 aliphatic carbocycles. The molecule has 0 spiro atoms. The lowest BCUT2D eigenvalue weighted by molar-refractivity contribution is 0.104. The number of allylic oxidation sites excluding steroid dienone is 1. The van der Waals surface area contributed by atoms with Gasteiger partial charge in [-0.3, -0.25) is 4.79 Å². The van der Waals surface area contributed by atoms with Crippen molar-refractivity contribution in [2.75, 3.05) is 5.32 Å². The lowest BCUT2D eigenvalue weighted by Crippen LogP contribution is -1.97. The van der Waals surface area contributed by atoms with Crippen molar-refractivity contribution < 1.29 is 4.79 Å². The van der Waals surface area contributed by atoms with Crippen molar-refractivity contribution in [1.82, 2.24) is 0 Å². The first-order valence-electron chi connectivity index (χ1n) is 6.36. The van der Waals surface area contributed by atoms with Crippen molar-refractivity contribution in [1.29, 1.82) is 0 Å². The van der Waals surface area contributed by atoms with Gasteiger partial charge in [0.1, 0.15) is 0 Å². The van der Waals surface area contributed by atoms with Crippen LogP contribution in [0, 0.1) is 13.8 Å². The van der Waals surface area contributed by atoms with Crippen LogP contribution >= 0.6 is 11.6 Å². The highest BCUT2D eigenvalue weighted by Crippen LogP contribution is 2.15. The highest BCUT2D eigenvalue weighted by atomic mass is 35.5. The minimum atomic E-state index is -0.0253. The van der Waals surface area contributed by atoms with E-state index in [9.17, 15) is 4.79 Å². The Balaban J connectivity index is 2.04. The Hall–Kier alpha value is -2.06. The maximum Gasteiger partial charge on any atom is 0.187 e. The summed E-state index contributed by atoms with van der Waals surface area (Å²) in [5, 5.41) is 3.68. The monoisotopic (exact) mass is 285 g/mol. The van der Waals surface area contributed by atoms with Crippen molar-refractivity contribution >= 4 is 23.1 Å². The molecule has 0 radical (unpaired) electrons. The topological polar surface area (TPSA) is 29.1 Å². The minimum Gasteiger partial charge on any atom is -0.362 e. The number of carbonyl (C=O) groups excluding carboxylic acids is 1. The highest BCUT2D eigenvalue weighted by Gasteiger charge is 2.02. The normalized spacial score (nSPS) is 10.8. The molecule has 102 valence electrons. The number of hydrogen-bond acceptors (Lipinski definition) is 2. The fourth-order valence-corrected chi connectivity index (χ4v) is 1.97. The van der Waals surface area contributed by atoms with E-state index in [1.165, 1.54) is 11.6 Å². The van der Waals surface area contributed by atoms with Crippen LogP contribution in [-0.4, -0.2) is 5.78 Å². The van der Waals surface area contributed by atoms with E-state index in [0.717, 1.165) is 11.3 Å². The lowest BCUT2D eigenvalue weighted by Gasteiger charge is -2.03. The molecule has 0 bridgehead atoms. The zero-order valence-corrected chi connectivity index (χ0v) is 12.2. The number of halogens is 1. The third-order valence-corrected chi connectivity index (χ3v) is 3.34. The smallest absolute Gasteiger partial charge is 0.187 e. The first-order valence-corrected chi connectivity index (χ1v) is 6.74. The largest absolute Gasteiger partial charge is 0.362 e. The van der Waals surface area contributed by atoms with Crippen molar-refractivity contribution in [3.63, 3.8) is 0 Å². The Labute approximate surface area is 124 Å². The molecular weight excluding hydrogens is 270 g/mol. The molecule has 0 aliphatic heterocycles. The summed E-state index contributed by atoms with van der Waals surface area (Å²) in [4.78, 5) is 12.0. The summed E-state index contributed by atoms with van der Waals surface area (Å²) in [5.74, 6) is -0.0253. The van der Waals surface area contributed by atoms with Crippen LogP contribution in [0.25, 0.3) is 0 Å². The molecule has 0 amide bonds. The summed E-state index contributed by atoms with van der Waals surface area (Å²) in [5.41, 5.74) is 3.84. The van der Waals surface area contributed by atoms with Gasteiger partial charge in [-0.05, 0) is 49.2 Å². The summed E-state index contributed by atoms with van der Waals surface area (Å²) in [6.07, 6.45) is 3.15. The standard InChI is InChI=1S/C17H16ClNO/c1-12-6-7-14(10-13(12)2)17(20)8-9-19-16-5-3-4-15(18)11-16/h3-11,19H,1-2H3. The van der Waals surface area contributed by atoms with E-state index in [2.05, 4.69) is 5.32 Å². The van der Waals surface area contributed by atoms with Gasteiger partial charge in [-0.15, -0.1) is 0 Å². The molecule has 0 unspecified atom stereocenters. The summed E-state index contributed by atoms with van der Waals surface area (Å²) in [6, 6.07) is 13.0. The van der Waals surface area contributed by atoms with Gasteiger partial charge in [0.2, 0.25) is 0 Å². The third kappa shape index (κ3) is 3.72. The van der Waals surface area contributed by atoms with E-state index in [1.54, 1.807) is 18.3 Å². The fraction of sp³-hybridized carbons (Fsp3) is 0.118. The van der Waals surface area contributed by atoms with Gasteiger partial charge >= 0.3 is 0 Å². The van der Waals surface area contributed by atoms with E-state index in [1.807, 2.05) is 44.2 Å². The van der Waals surface area contributed by atoms with Crippen LogP contribution in [0.5, 0.6) is 0 Å². The number of ketones is 1. The molecule has 0 aromatic heterocycles. The molecule has 0 saturated heterocycles. The molecule has 0 saturated carbocycles. The van der Waals surface area contributed by atoms with Crippen LogP contribution in [0.4, 0.5) is 5.69 Å². The first kappa shape index (κ1) is 14.4. The molecule has 2 aromatic rings. The van der Waals surface area contributed by atoms with Gasteiger partial charge in [-0.25, -0.2) is 0 Å². The molecule has 1 N–H and O–H groups in total. The van der Waals surface area contributed by atoms with E-state index >= 15 is 0 Å². The molecule has 2 aromatic carbocycles. The summed E-state index contributed by atoms with van der Waals surface area (Å²) >= 11 is 5.88. The molecule has 0 atom stereocenters. The van der Waals surface area contributed by atoms with Gasteiger partial charge in [-0.2, -0.15) is 0 Å². The van der Waals surface area contributed by atoms with Crippen LogP contribution in [0.1, 0.15) is 21.5 Å². The number of nitrogens with one attached hydrogen (secondary N) is 1. The van der Waals surface area contributed by atoms with Gasteiger partial charge in [0.15, 0.2) is 5.78 Å². The van der Waals surface area contributed by atoms with Crippen LogP contribution in [0.15, 0.2) is 54.7 Å². The van der Waals surface area contributed by atoms with Crippen LogP contribution in [-0.2, 0) is 0 Å². The van der Waals surface area contributed by atoms with Crippen molar-refractivity contribution in [3.05, 3.63) is 76.5 Å². The minimum absolute atomic E-state index is 0.0253. The molecule has 0 fully saturated rings. The molecule has 20 heavy (non-hydrogen) atoms. The lowest BCUT2D eigenvalue weighted by atomic mass is 10.0. The van der Waals surface area contributed by atoms with Gasteiger partial charge < -0.3 is 5.32 Å². The molecular formula is C17H16ClNO. The number of rotatable bonds is 4. The van der Waals surface area contributed by atoms with E-state index in [-0.39, 0.29) is 5.78 Å². The molecule has 0 heterocycles. The van der Waals surface area contributed by atoms with Crippen LogP contribution < -0.4 is 5.32 Å². The maximum absolute atomic E-state index is 12.0. The van der Waals surface area contributed by atoms with E-state index in [4.69, 9.17) is 11.6 Å². The third-order valence-electron chi connectivity index (χ3n) is 3.10. The summed E-state index contributed by atoms with van der Waals surface area (Å²) < 4.78 is 0. The Morgan fingerprint density at radius 2 is 1.90 bits per heavy atom. The second kappa shape index (κ2) is 6.40. The average Bonchev–Trinajstić information content (AvgIpc) is 2.42. The SMILES string of the molecule is Cc1ccc(C(=O)C=CNc2cccc(Cl)c2)cc1C. The average molecular weight is 286 g/mol. The van der Waals surface area contributed by atoms with Gasteiger partial charge in [0, 0.05) is 28.5 Å². The van der Waals surface area contributed by atoms with Crippen LogP contribution in [0.3, 0.4) is 0 Å². The Morgan fingerprint density at radius 3 is 2.60 bits per heavy atom. The van der Waals surface area contributed by atoms with Gasteiger partial charge in [0.25, 0.3) is 0 Å². The quantitative estimate of drug-likeness (QED) is 0.648. The summed E-state index contributed by atoms with van der Waals surface area (Å²) in [7, 11) is 0. The number of hydrogen-bond donors (Lipinski definition) is 1. The van der Waals surface area contributed by atoms with Crippen molar-refractivity contribution in [3.8, 4) is 0 Å². The summed E-state index contributed by atoms with van der Waals surface area (Å²) in [6.45, 7) is 4.03. The molecule has 0 aliphatic rings. The van der Waals surface area contributed by atoms with E-state index in [0.29, 0.717) is 10.6 Å². The zero-order valence-electron chi connectivity index (χ0n) is 11.5. The molecule has 2 rings (SSSR count). The van der Waals surface area contributed by atoms with Crippen molar-refractivity contribution in [2.24, 2.45) is 0 Å². The first-order chi connectivity index (χ1) is 9.56. The predicted molar refractivity (Wildman–Crippen MR) is 84.5 cm³/mol. The van der Waals surface area contributed by atoms with Gasteiger partial charge in [0.05, 0.1) is 0 Å². The van der Waals surface area contributed by atoms with E-state index < -0.39 is 0 Å². The number of anilines is 1. The predicted octanol–water partition coefficient (Wildman–Crippen LogP) is 4.77. The maximum atomic E-state index is 12.0. The number of benzene rings is 2. The molecule has 3 heteroatoms. The van der Waals surface area contributed by atoms with Gasteiger partial charge in [-0.1, -0.05) is 29.8 Å². The highest BCUT2D eigenvalue weighted by molar-refractivity contribution is 6.30. The zero-order chi connectivity index (χ0) is 14.5.